The fraction of sp³-hybridized carbons (Fsp3) is 0.533. The van der Waals surface area contributed by atoms with Gasteiger partial charge in [0.05, 0.1) is 6.61 Å². The van der Waals surface area contributed by atoms with E-state index >= 15 is 0 Å². The molecule has 3 nitrogen and oxygen atoms in total. The van der Waals surface area contributed by atoms with E-state index in [4.69, 9.17) is 9.47 Å². The van der Waals surface area contributed by atoms with Gasteiger partial charge in [-0.1, -0.05) is 38.3 Å². The molecule has 0 heterocycles. The van der Waals surface area contributed by atoms with Gasteiger partial charge in [-0.3, -0.25) is 4.79 Å². The second kappa shape index (κ2) is 10.4. The zero-order valence-electron chi connectivity index (χ0n) is 11.6. The van der Waals surface area contributed by atoms with E-state index in [1.165, 1.54) is 6.42 Å². The molecule has 5 heteroatoms. The first-order valence-corrected chi connectivity index (χ1v) is 8.52. The van der Waals surface area contributed by atoms with E-state index in [1.807, 2.05) is 12.1 Å². The van der Waals surface area contributed by atoms with Crippen LogP contribution >= 0.6 is 31.9 Å². The van der Waals surface area contributed by atoms with Gasteiger partial charge in [0.15, 0.2) is 5.78 Å². The van der Waals surface area contributed by atoms with E-state index in [2.05, 4.69) is 31.9 Å². The van der Waals surface area contributed by atoms with Gasteiger partial charge in [0.25, 0.3) is 0 Å². The number of methoxy groups -OCH3 is 1. The third-order valence-electron chi connectivity index (χ3n) is 2.85. The maximum absolute atomic E-state index is 11.7. The fourth-order valence-electron chi connectivity index (χ4n) is 1.73. The average Bonchev–Trinajstić information content (AvgIpc) is 2.46. The summed E-state index contributed by atoms with van der Waals surface area (Å²) in [6.07, 6.45) is 4.46. The second-order valence-corrected chi connectivity index (χ2v) is 7.50. The third kappa shape index (κ3) is 6.86. The van der Waals surface area contributed by atoms with Gasteiger partial charge >= 0.3 is 0 Å². The molecule has 0 fully saturated rings. The van der Waals surface area contributed by atoms with Gasteiger partial charge in [-0.2, -0.15) is 0 Å². The van der Waals surface area contributed by atoms with Gasteiger partial charge in [0.1, 0.15) is 9.49 Å². The van der Waals surface area contributed by atoms with Crippen LogP contribution in [0.3, 0.4) is 0 Å². The molecular weight excluding hydrogens is 388 g/mol. The highest BCUT2D eigenvalue weighted by molar-refractivity contribution is 9.25. The number of carbonyl (C=O) groups is 1. The summed E-state index contributed by atoms with van der Waals surface area (Å²) in [4.78, 5) is 11.7. The van der Waals surface area contributed by atoms with E-state index in [0.29, 0.717) is 12.2 Å². The summed E-state index contributed by atoms with van der Waals surface area (Å²) in [5.74, 6) is 0.814. The Bertz CT molecular complexity index is 391. The number of hydrogen-bond acceptors (Lipinski definition) is 3. The number of benzene rings is 1. The van der Waals surface area contributed by atoms with Crippen LogP contribution in [0.1, 0.15) is 36.0 Å². The normalized spacial score (nSPS) is 10.8. The van der Waals surface area contributed by atoms with Crippen LogP contribution in [0.15, 0.2) is 24.3 Å². The molecule has 0 radical (unpaired) electrons. The molecule has 1 rings (SSSR count). The Hall–Kier alpha value is -0.390. The number of ether oxygens (including phenoxy) is 2. The van der Waals surface area contributed by atoms with E-state index in [1.54, 1.807) is 19.2 Å². The van der Waals surface area contributed by atoms with Crippen LogP contribution in [-0.4, -0.2) is 29.8 Å². The molecule has 0 N–H and O–H groups in total. The van der Waals surface area contributed by atoms with E-state index < -0.39 is 0 Å². The molecule has 0 spiro atoms. The highest BCUT2D eigenvalue weighted by atomic mass is 79.9. The zero-order chi connectivity index (χ0) is 14.8. The summed E-state index contributed by atoms with van der Waals surface area (Å²) in [5, 5.41) is 0. The molecule has 0 unspecified atom stereocenters. The summed E-state index contributed by atoms with van der Waals surface area (Å²) >= 11 is 6.40. The summed E-state index contributed by atoms with van der Waals surface area (Å²) in [7, 11) is 1.73. The predicted octanol–water partition coefficient (Wildman–Crippen LogP) is 4.57. The molecule has 1 aromatic carbocycles. The molecule has 1 aromatic rings. The summed E-state index contributed by atoms with van der Waals surface area (Å²) < 4.78 is 10.3. The molecule has 0 aliphatic heterocycles. The highest BCUT2D eigenvalue weighted by Crippen LogP contribution is 2.19. The first-order chi connectivity index (χ1) is 9.65. The lowest BCUT2D eigenvalue weighted by molar-refractivity contribution is 0.101. The van der Waals surface area contributed by atoms with Gasteiger partial charge in [-0.15, -0.1) is 0 Å². The molecule has 0 aliphatic rings. The second-order valence-electron chi connectivity index (χ2n) is 4.44. The Morgan fingerprint density at radius 2 is 1.65 bits per heavy atom. The first kappa shape index (κ1) is 17.7. The molecule has 0 aliphatic carbocycles. The molecule has 0 saturated carbocycles. The lowest BCUT2D eigenvalue weighted by atomic mass is 10.1. The number of Topliss-reactive ketones (excluding diaryl/α,β-unsaturated/α-hetero) is 1. The Kier molecular flexibility index (Phi) is 9.14. The standard InChI is InChI=1S/C15H20Br2O3/c1-19-10-4-2-3-5-11-20-13-8-6-12(7-9-13)14(18)15(16)17/h6-9,15H,2-5,10-11H2,1H3. The van der Waals surface area contributed by atoms with Crippen molar-refractivity contribution in [2.45, 2.75) is 29.4 Å². The average molecular weight is 408 g/mol. The van der Waals surface area contributed by atoms with E-state index in [-0.39, 0.29) is 9.52 Å². The molecular formula is C15H20Br2O3. The molecule has 20 heavy (non-hydrogen) atoms. The summed E-state index contributed by atoms with van der Waals surface area (Å²) in [6.45, 7) is 1.54. The van der Waals surface area contributed by atoms with Crippen LogP contribution in [0, 0.1) is 0 Å². The van der Waals surface area contributed by atoms with E-state index in [9.17, 15) is 4.79 Å². The molecule has 0 amide bonds. The summed E-state index contributed by atoms with van der Waals surface area (Å²) in [6, 6.07) is 7.23. The van der Waals surface area contributed by atoms with Gasteiger partial charge < -0.3 is 9.47 Å². The van der Waals surface area contributed by atoms with Gasteiger partial charge in [-0.25, -0.2) is 0 Å². The Labute approximate surface area is 137 Å². The van der Waals surface area contributed by atoms with Crippen molar-refractivity contribution in [2.75, 3.05) is 20.3 Å². The highest BCUT2D eigenvalue weighted by Gasteiger charge is 2.12. The molecule has 112 valence electrons. The number of hydrogen-bond donors (Lipinski definition) is 0. The number of alkyl halides is 2. The van der Waals surface area contributed by atoms with Crippen LogP contribution in [0.25, 0.3) is 0 Å². The molecule has 0 atom stereocenters. The molecule has 0 saturated heterocycles. The minimum atomic E-state index is -0.339. The van der Waals surface area contributed by atoms with Crippen molar-refractivity contribution in [2.24, 2.45) is 0 Å². The number of halogens is 2. The van der Waals surface area contributed by atoms with Crippen LogP contribution in [0.4, 0.5) is 0 Å². The van der Waals surface area contributed by atoms with Crippen LogP contribution < -0.4 is 4.74 Å². The van der Waals surface area contributed by atoms with Crippen LogP contribution in [-0.2, 0) is 4.74 Å². The lowest BCUT2D eigenvalue weighted by Crippen LogP contribution is -2.06. The van der Waals surface area contributed by atoms with Crippen LogP contribution in [0.5, 0.6) is 5.75 Å². The number of unbranched alkanes of at least 4 members (excludes halogenated alkanes) is 3. The van der Waals surface area contributed by atoms with Crippen molar-refractivity contribution in [1.29, 1.82) is 0 Å². The number of carbonyl (C=O) groups excluding carboxylic acids is 1. The smallest absolute Gasteiger partial charge is 0.187 e. The van der Waals surface area contributed by atoms with Crippen molar-refractivity contribution in [3.05, 3.63) is 29.8 Å². The van der Waals surface area contributed by atoms with Gasteiger partial charge in [-0.05, 0) is 43.5 Å². The largest absolute Gasteiger partial charge is 0.494 e. The number of rotatable bonds is 10. The minimum Gasteiger partial charge on any atom is -0.494 e. The molecule has 0 aromatic heterocycles. The minimum absolute atomic E-state index is 0.00898. The Balaban J connectivity index is 2.23. The van der Waals surface area contributed by atoms with Crippen molar-refractivity contribution in [3.8, 4) is 5.75 Å². The third-order valence-corrected chi connectivity index (χ3v) is 3.68. The summed E-state index contributed by atoms with van der Waals surface area (Å²) in [5.41, 5.74) is 0.663. The zero-order valence-corrected chi connectivity index (χ0v) is 14.8. The van der Waals surface area contributed by atoms with Gasteiger partial charge in [0, 0.05) is 19.3 Å². The Morgan fingerprint density at radius 3 is 2.20 bits per heavy atom. The fourth-order valence-corrected chi connectivity index (χ4v) is 2.26. The number of ketones is 1. The monoisotopic (exact) mass is 406 g/mol. The maximum atomic E-state index is 11.7. The topological polar surface area (TPSA) is 35.5 Å². The van der Waals surface area contributed by atoms with Crippen molar-refractivity contribution >= 4 is 37.6 Å². The van der Waals surface area contributed by atoms with E-state index in [0.717, 1.165) is 31.6 Å². The quantitative estimate of drug-likeness (QED) is 0.323. The SMILES string of the molecule is COCCCCCCOc1ccc(C(=O)C(Br)Br)cc1. The molecule has 0 bridgehead atoms. The Morgan fingerprint density at radius 1 is 1.05 bits per heavy atom. The van der Waals surface area contributed by atoms with Gasteiger partial charge in [0.2, 0.25) is 0 Å². The van der Waals surface area contributed by atoms with Crippen LogP contribution in [0.2, 0.25) is 0 Å². The van der Waals surface area contributed by atoms with Crippen molar-refractivity contribution in [1.82, 2.24) is 0 Å². The predicted molar refractivity (Wildman–Crippen MR) is 88.3 cm³/mol. The maximum Gasteiger partial charge on any atom is 0.187 e. The van der Waals surface area contributed by atoms with Crippen molar-refractivity contribution < 1.29 is 14.3 Å². The lowest BCUT2D eigenvalue weighted by Gasteiger charge is -2.07. The van der Waals surface area contributed by atoms with Crippen molar-refractivity contribution in [3.63, 3.8) is 0 Å². The first-order valence-electron chi connectivity index (χ1n) is 6.69.